The maximum atomic E-state index is 11.0. The van der Waals surface area contributed by atoms with Gasteiger partial charge in [0.05, 0.1) is 12.2 Å². The van der Waals surface area contributed by atoms with Crippen LogP contribution in [0.3, 0.4) is 0 Å². The first-order chi connectivity index (χ1) is 7.07. The van der Waals surface area contributed by atoms with Gasteiger partial charge in [-0.05, 0) is 19.3 Å². The second kappa shape index (κ2) is 3.61. The predicted octanol–water partition coefficient (Wildman–Crippen LogP) is 0.946. The van der Waals surface area contributed by atoms with E-state index in [1.54, 1.807) is 0 Å². The number of carboxylic acids is 1. The van der Waals surface area contributed by atoms with Crippen molar-refractivity contribution >= 4 is 5.97 Å². The van der Waals surface area contributed by atoms with Gasteiger partial charge in [-0.1, -0.05) is 19.1 Å². The molecule has 4 nitrogen and oxygen atoms in total. The summed E-state index contributed by atoms with van der Waals surface area (Å²) in [4.78, 5) is 11.0. The number of ether oxygens (including phenoxy) is 1. The number of rotatable bonds is 4. The third-order valence-corrected chi connectivity index (χ3v) is 3.37. The number of aliphatic hydroxyl groups is 1. The van der Waals surface area contributed by atoms with Gasteiger partial charge in [0.1, 0.15) is 0 Å². The van der Waals surface area contributed by atoms with Gasteiger partial charge in [0.15, 0.2) is 6.10 Å². The molecule has 1 fully saturated rings. The topological polar surface area (TPSA) is 66.8 Å². The zero-order valence-corrected chi connectivity index (χ0v) is 8.72. The SMILES string of the molecule is CCC(O)CC12C=CC(C1)OC2C(=O)O. The van der Waals surface area contributed by atoms with Crippen LogP contribution in [0.2, 0.25) is 0 Å². The van der Waals surface area contributed by atoms with Crippen LogP contribution in [0.15, 0.2) is 12.2 Å². The Hall–Kier alpha value is -0.870. The summed E-state index contributed by atoms with van der Waals surface area (Å²) in [6.45, 7) is 1.89. The second-order valence-corrected chi connectivity index (χ2v) is 4.46. The molecule has 1 aliphatic carbocycles. The van der Waals surface area contributed by atoms with Crippen LogP contribution < -0.4 is 0 Å². The summed E-state index contributed by atoms with van der Waals surface area (Å²) in [6, 6.07) is 0. The van der Waals surface area contributed by atoms with Crippen molar-refractivity contribution in [1.82, 2.24) is 0 Å². The van der Waals surface area contributed by atoms with Crippen molar-refractivity contribution in [3.05, 3.63) is 12.2 Å². The highest BCUT2D eigenvalue weighted by molar-refractivity contribution is 5.75. The van der Waals surface area contributed by atoms with Crippen LogP contribution in [0, 0.1) is 5.41 Å². The maximum Gasteiger partial charge on any atom is 0.333 e. The van der Waals surface area contributed by atoms with E-state index in [9.17, 15) is 9.90 Å². The molecule has 1 aliphatic heterocycles. The quantitative estimate of drug-likeness (QED) is 0.681. The molecule has 0 spiro atoms. The predicted molar refractivity (Wildman–Crippen MR) is 53.4 cm³/mol. The minimum atomic E-state index is -0.926. The second-order valence-electron chi connectivity index (χ2n) is 4.46. The van der Waals surface area contributed by atoms with Gasteiger partial charge in [0.2, 0.25) is 0 Å². The first-order valence-corrected chi connectivity index (χ1v) is 5.33. The number of hydrogen-bond donors (Lipinski definition) is 2. The molecule has 4 atom stereocenters. The highest BCUT2D eigenvalue weighted by atomic mass is 16.5. The van der Waals surface area contributed by atoms with E-state index in [1.165, 1.54) is 0 Å². The van der Waals surface area contributed by atoms with Crippen molar-refractivity contribution in [2.24, 2.45) is 5.41 Å². The molecule has 15 heavy (non-hydrogen) atoms. The third kappa shape index (κ3) is 1.68. The minimum absolute atomic E-state index is 0.0739. The summed E-state index contributed by atoms with van der Waals surface area (Å²) in [5.41, 5.74) is -0.480. The molecule has 4 heteroatoms. The van der Waals surface area contributed by atoms with Gasteiger partial charge < -0.3 is 14.9 Å². The Morgan fingerprint density at radius 2 is 2.47 bits per heavy atom. The molecule has 1 saturated heterocycles. The molecule has 2 rings (SSSR count). The summed E-state index contributed by atoms with van der Waals surface area (Å²) in [7, 11) is 0. The number of hydrogen-bond acceptors (Lipinski definition) is 3. The largest absolute Gasteiger partial charge is 0.479 e. The zero-order valence-electron chi connectivity index (χ0n) is 8.72. The fraction of sp³-hybridized carbons (Fsp3) is 0.727. The average molecular weight is 212 g/mol. The Morgan fingerprint density at radius 1 is 1.73 bits per heavy atom. The maximum absolute atomic E-state index is 11.0. The Balaban J connectivity index is 2.16. The lowest BCUT2D eigenvalue weighted by molar-refractivity contribution is -0.153. The summed E-state index contributed by atoms with van der Waals surface area (Å²) in [5.74, 6) is -0.926. The number of carboxylic acid groups (broad SMARTS) is 1. The molecule has 4 unspecified atom stereocenters. The van der Waals surface area contributed by atoms with Crippen molar-refractivity contribution in [3.63, 3.8) is 0 Å². The van der Waals surface area contributed by atoms with Crippen LogP contribution in [0.1, 0.15) is 26.2 Å². The van der Waals surface area contributed by atoms with Gasteiger partial charge in [0, 0.05) is 5.41 Å². The zero-order chi connectivity index (χ0) is 11.1. The van der Waals surface area contributed by atoms with E-state index in [4.69, 9.17) is 9.84 Å². The molecule has 2 bridgehead atoms. The highest BCUT2D eigenvalue weighted by Crippen LogP contribution is 2.49. The molecule has 0 aromatic rings. The molecule has 84 valence electrons. The van der Waals surface area contributed by atoms with E-state index < -0.39 is 23.6 Å². The number of fused-ring (bicyclic) bond motifs is 2. The average Bonchev–Trinajstić information content (AvgIpc) is 2.74. The smallest absolute Gasteiger partial charge is 0.333 e. The molecule has 2 N–H and O–H groups in total. The first-order valence-electron chi connectivity index (χ1n) is 5.33. The van der Waals surface area contributed by atoms with Gasteiger partial charge >= 0.3 is 5.97 Å². The molecular formula is C11H16O4. The van der Waals surface area contributed by atoms with Crippen LogP contribution in [0.4, 0.5) is 0 Å². The van der Waals surface area contributed by atoms with Crippen molar-refractivity contribution in [3.8, 4) is 0 Å². The highest BCUT2D eigenvalue weighted by Gasteiger charge is 2.53. The summed E-state index contributed by atoms with van der Waals surface area (Å²) in [5, 5.41) is 18.7. The van der Waals surface area contributed by atoms with Gasteiger partial charge in [-0.25, -0.2) is 4.79 Å². The molecule has 0 aromatic carbocycles. The Kier molecular flexibility index (Phi) is 2.56. The van der Waals surface area contributed by atoms with Crippen molar-refractivity contribution in [2.45, 2.75) is 44.5 Å². The Labute approximate surface area is 88.6 Å². The van der Waals surface area contributed by atoms with Gasteiger partial charge in [-0.15, -0.1) is 0 Å². The van der Waals surface area contributed by atoms with Gasteiger partial charge in [-0.2, -0.15) is 0 Å². The standard InChI is InChI=1S/C11H16O4/c1-2-7(12)5-11-4-3-8(6-11)15-9(11)10(13)14/h3-4,7-9,12H,2,5-6H2,1H3,(H,13,14). The van der Waals surface area contributed by atoms with E-state index in [0.29, 0.717) is 19.3 Å². The van der Waals surface area contributed by atoms with Crippen LogP contribution in [-0.4, -0.2) is 34.5 Å². The number of carbonyl (C=O) groups is 1. The minimum Gasteiger partial charge on any atom is -0.479 e. The van der Waals surface area contributed by atoms with Crippen LogP contribution in [0.25, 0.3) is 0 Å². The monoisotopic (exact) mass is 212 g/mol. The number of aliphatic carboxylic acids is 1. The Bertz CT molecular complexity index is 299. The van der Waals surface area contributed by atoms with E-state index in [2.05, 4.69) is 0 Å². The van der Waals surface area contributed by atoms with E-state index >= 15 is 0 Å². The summed E-state index contributed by atoms with van der Waals surface area (Å²) >= 11 is 0. The van der Waals surface area contributed by atoms with Crippen LogP contribution in [-0.2, 0) is 9.53 Å². The lowest BCUT2D eigenvalue weighted by Crippen LogP contribution is -2.39. The molecule has 1 heterocycles. The van der Waals surface area contributed by atoms with E-state index in [0.717, 1.165) is 0 Å². The fourth-order valence-electron chi connectivity index (χ4n) is 2.55. The molecular weight excluding hydrogens is 196 g/mol. The lowest BCUT2D eigenvalue weighted by atomic mass is 9.77. The van der Waals surface area contributed by atoms with Crippen molar-refractivity contribution in [1.29, 1.82) is 0 Å². The van der Waals surface area contributed by atoms with Gasteiger partial charge in [0.25, 0.3) is 0 Å². The normalized spacial score (nSPS) is 39.6. The molecule has 2 aliphatic rings. The van der Waals surface area contributed by atoms with Crippen molar-refractivity contribution in [2.75, 3.05) is 0 Å². The Morgan fingerprint density at radius 3 is 3.00 bits per heavy atom. The lowest BCUT2D eigenvalue weighted by Gasteiger charge is -2.30. The first kappa shape index (κ1) is 10.6. The molecule has 0 saturated carbocycles. The number of aliphatic hydroxyl groups excluding tert-OH is 1. The molecule has 0 amide bonds. The van der Waals surface area contributed by atoms with Crippen molar-refractivity contribution < 1.29 is 19.7 Å². The molecule has 0 aromatic heterocycles. The third-order valence-electron chi connectivity index (χ3n) is 3.37. The van der Waals surface area contributed by atoms with Gasteiger partial charge in [-0.3, -0.25) is 0 Å². The van der Waals surface area contributed by atoms with E-state index in [-0.39, 0.29) is 6.10 Å². The van der Waals surface area contributed by atoms with E-state index in [1.807, 2.05) is 19.1 Å². The summed E-state index contributed by atoms with van der Waals surface area (Å²) < 4.78 is 5.37. The fourth-order valence-corrected chi connectivity index (χ4v) is 2.55. The molecule has 0 radical (unpaired) electrons. The van der Waals surface area contributed by atoms with Crippen LogP contribution >= 0.6 is 0 Å². The summed E-state index contributed by atoms with van der Waals surface area (Å²) in [6.07, 6.45) is 4.34. The van der Waals surface area contributed by atoms with Crippen LogP contribution in [0.5, 0.6) is 0 Å².